The third-order valence-corrected chi connectivity index (χ3v) is 4.50. The maximum Gasteiger partial charge on any atom is 0.507 e. The normalized spacial score (nSPS) is 9.76. The molecule has 0 fully saturated rings. The van der Waals surface area contributed by atoms with Crippen LogP contribution in [0.5, 0.6) is 0 Å². The summed E-state index contributed by atoms with van der Waals surface area (Å²) in [5, 5.41) is 1.82. The molecule has 0 N–H and O–H groups in total. The van der Waals surface area contributed by atoms with Crippen molar-refractivity contribution in [1.29, 1.82) is 0 Å². The molecule has 0 aliphatic rings. The molecule has 0 saturated carbocycles. The van der Waals surface area contributed by atoms with Crippen molar-refractivity contribution in [1.82, 2.24) is 0 Å². The first-order chi connectivity index (χ1) is 16.3. The van der Waals surface area contributed by atoms with Crippen LogP contribution in [0.3, 0.4) is 0 Å². The molecule has 0 atom stereocenters. The number of rotatable bonds is 4. The number of carbonyl (C=O) groups is 4. The molecule has 0 aliphatic heterocycles. The Bertz CT molecular complexity index is 1270. The first-order valence-corrected chi connectivity index (χ1v) is 9.96. The minimum atomic E-state index is -0.657. The number of hydrogen-bond acceptors (Lipinski definition) is 9. The molecule has 4 aromatic rings. The Morgan fingerprint density at radius 3 is 1.65 bits per heavy atom. The zero-order valence-electron chi connectivity index (χ0n) is 19.2. The van der Waals surface area contributed by atoms with E-state index >= 15 is 0 Å². The number of hydrogen-bond donors (Lipinski definition) is 0. The van der Waals surface area contributed by atoms with Crippen LogP contribution in [0.15, 0.2) is 69.9 Å². The molecule has 0 unspecified atom stereocenters. The van der Waals surface area contributed by atoms with Crippen LogP contribution in [0.1, 0.15) is 34.1 Å². The first kappa shape index (κ1) is 25.9. The highest BCUT2D eigenvalue weighted by Crippen LogP contribution is 2.18. The summed E-state index contributed by atoms with van der Waals surface area (Å²) in [6, 6.07) is 14.1. The van der Waals surface area contributed by atoms with Crippen molar-refractivity contribution in [2.24, 2.45) is 0 Å². The van der Waals surface area contributed by atoms with Gasteiger partial charge in [-0.1, -0.05) is 0 Å². The van der Waals surface area contributed by atoms with Gasteiger partial charge in [0.25, 0.3) is 0 Å². The summed E-state index contributed by atoms with van der Waals surface area (Å²) < 4.78 is 22.8. The predicted molar refractivity (Wildman–Crippen MR) is 123 cm³/mol. The molecule has 0 amide bonds. The number of benzene rings is 2. The highest BCUT2D eigenvalue weighted by atomic mass is 16.7. The zero-order valence-corrected chi connectivity index (χ0v) is 19.2. The molecule has 0 aliphatic carbocycles. The Morgan fingerprint density at radius 1 is 0.706 bits per heavy atom. The van der Waals surface area contributed by atoms with Gasteiger partial charge in [0, 0.05) is 21.9 Å². The largest absolute Gasteiger partial charge is 0.507 e. The van der Waals surface area contributed by atoms with Gasteiger partial charge in [0.1, 0.15) is 17.6 Å². The van der Waals surface area contributed by atoms with Crippen molar-refractivity contribution in [3.63, 3.8) is 0 Å². The van der Waals surface area contributed by atoms with Crippen LogP contribution in [0, 0.1) is 0 Å². The zero-order chi connectivity index (χ0) is 25.1. The van der Waals surface area contributed by atoms with E-state index in [1.54, 1.807) is 49.8 Å². The van der Waals surface area contributed by atoms with Gasteiger partial charge in [-0.3, -0.25) is 14.4 Å². The molecule has 2 heterocycles. The molecule has 34 heavy (non-hydrogen) atoms. The molecule has 178 valence electrons. The summed E-state index contributed by atoms with van der Waals surface area (Å²) in [5.74, 6) is -0.703. The molecule has 0 saturated heterocycles. The number of ether oxygens (including phenoxy) is 3. The van der Waals surface area contributed by atoms with Crippen molar-refractivity contribution >= 4 is 45.6 Å². The lowest BCUT2D eigenvalue weighted by Gasteiger charge is -1.99. The third-order valence-electron chi connectivity index (χ3n) is 4.50. The van der Waals surface area contributed by atoms with E-state index in [1.807, 2.05) is 18.2 Å². The van der Waals surface area contributed by atoms with Crippen LogP contribution in [0.4, 0.5) is 4.79 Å². The topological polar surface area (TPSA) is 122 Å². The van der Waals surface area contributed by atoms with Crippen molar-refractivity contribution < 1.29 is 42.2 Å². The van der Waals surface area contributed by atoms with Crippen LogP contribution in [0.25, 0.3) is 21.9 Å². The van der Waals surface area contributed by atoms with E-state index in [1.165, 1.54) is 21.3 Å². The molecular formula is C25H24O9. The molecule has 9 heteroatoms. The van der Waals surface area contributed by atoms with Crippen molar-refractivity contribution in [3.8, 4) is 0 Å². The van der Waals surface area contributed by atoms with Crippen molar-refractivity contribution in [2.45, 2.75) is 13.3 Å². The number of methoxy groups -OCH3 is 3. The van der Waals surface area contributed by atoms with Gasteiger partial charge in [0.15, 0.2) is 11.6 Å². The SMILES string of the molecule is CC(=O)c1ccc2occc2c1.COC(=O)CC(=O)c1ccc2occc2c1.COC(=O)OC. The summed E-state index contributed by atoms with van der Waals surface area (Å²) in [4.78, 5) is 43.3. The van der Waals surface area contributed by atoms with Crippen LogP contribution in [0.2, 0.25) is 0 Å². The number of Topliss-reactive ketones (excluding diaryl/α,β-unsaturated/α-hetero) is 2. The smallest absolute Gasteiger partial charge is 0.469 e. The lowest BCUT2D eigenvalue weighted by Crippen LogP contribution is -2.09. The highest BCUT2D eigenvalue weighted by Gasteiger charge is 2.12. The van der Waals surface area contributed by atoms with E-state index in [0.29, 0.717) is 5.56 Å². The fourth-order valence-corrected chi connectivity index (χ4v) is 2.71. The maximum absolute atomic E-state index is 11.6. The quantitative estimate of drug-likeness (QED) is 0.225. The van der Waals surface area contributed by atoms with E-state index in [-0.39, 0.29) is 18.0 Å². The van der Waals surface area contributed by atoms with Crippen LogP contribution in [-0.4, -0.2) is 45.0 Å². The van der Waals surface area contributed by atoms with Crippen LogP contribution in [-0.2, 0) is 19.0 Å². The second-order valence-corrected chi connectivity index (χ2v) is 6.74. The lowest BCUT2D eigenvalue weighted by molar-refractivity contribution is -0.139. The van der Waals surface area contributed by atoms with E-state index in [4.69, 9.17) is 8.83 Å². The predicted octanol–water partition coefficient (Wildman–Crippen LogP) is 5.21. The second-order valence-electron chi connectivity index (χ2n) is 6.74. The average molecular weight is 468 g/mol. The highest BCUT2D eigenvalue weighted by molar-refractivity contribution is 6.07. The van der Waals surface area contributed by atoms with E-state index in [2.05, 4.69) is 14.2 Å². The fraction of sp³-hybridized carbons (Fsp3) is 0.200. The Balaban J connectivity index is 0.000000200. The number of furan rings is 2. The van der Waals surface area contributed by atoms with Crippen molar-refractivity contribution in [2.75, 3.05) is 21.3 Å². The van der Waals surface area contributed by atoms with Gasteiger partial charge in [-0.05, 0) is 55.5 Å². The van der Waals surface area contributed by atoms with Crippen LogP contribution >= 0.6 is 0 Å². The molecule has 2 aromatic carbocycles. The third kappa shape index (κ3) is 7.33. The molecule has 4 rings (SSSR count). The fourth-order valence-electron chi connectivity index (χ4n) is 2.71. The molecular weight excluding hydrogens is 444 g/mol. The Labute approximate surface area is 195 Å². The number of fused-ring (bicyclic) bond motifs is 2. The van der Waals surface area contributed by atoms with Gasteiger partial charge in [-0.2, -0.15) is 0 Å². The summed E-state index contributed by atoms with van der Waals surface area (Å²) in [5.41, 5.74) is 2.75. The number of esters is 1. The Morgan fingerprint density at radius 2 is 1.21 bits per heavy atom. The first-order valence-electron chi connectivity index (χ1n) is 9.96. The summed E-state index contributed by atoms with van der Waals surface area (Å²) >= 11 is 0. The molecule has 0 bridgehead atoms. The summed E-state index contributed by atoms with van der Waals surface area (Å²) in [6.45, 7) is 1.56. The van der Waals surface area contributed by atoms with Gasteiger partial charge in [0.05, 0.1) is 33.9 Å². The Hall–Kier alpha value is -4.40. The van der Waals surface area contributed by atoms with E-state index < -0.39 is 12.1 Å². The Kier molecular flexibility index (Phi) is 9.57. The minimum Gasteiger partial charge on any atom is -0.469 e. The number of ketones is 2. The van der Waals surface area contributed by atoms with Gasteiger partial charge in [-0.15, -0.1) is 0 Å². The molecule has 0 spiro atoms. The van der Waals surface area contributed by atoms with Gasteiger partial charge in [-0.25, -0.2) is 4.79 Å². The number of carbonyl (C=O) groups excluding carboxylic acids is 4. The van der Waals surface area contributed by atoms with E-state index in [9.17, 15) is 19.2 Å². The van der Waals surface area contributed by atoms with Crippen LogP contribution < -0.4 is 0 Å². The molecule has 9 nitrogen and oxygen atoms in total. The van der Waals surface area contributed by atoms with Crippen molar-refractivity contribution in [3.05, 3.63) is 72.2 Å². The van der Waals surface area contributed by atoms with E-state index in [0.717, 1.165) is 27.5 Å². The maximum atomic E-state index is 11.6. The second kappa shape index (κ2) is 12.6. The molecule has 2 aromatic heterocycles. The summed E-state index contributed by atoms with van der Waals surface area (Å²) in [6.07, 6.45) is 2.28. The van der Waals surface area contributed by atoms with Gasteiger partial charge >= 0.3 is 12.1 Å². The minimum absolute atomic E-state index is 0.0816. The summed E-state index contributed by atoms with van der Waals surface area (Å²) in [7, 11) is 3.77. The average Bonchev–Trinajstić information content (AvgIpc) is 3.52. The monoisotopic (exact) mass is 468 g/mol. The lowest BCUT2D eigenvalue weighted by atomic mass is 10.1. The molecule has 0 radical (unpaired) electrons. The standard InChI is InChI=1S/C12H10O4.C10H8O2.C3H6O3/c1-15-12(14)7-10(13)8-2-3-11-9(6-8)4-5-16-11;1-7(11)8-2-3-10-9(6-8)4-5-12-10;1-5-3(4)6-2/h2-6H,7H2,1H3;2-6H,1H3;1-2H3. The van der Waals surface area contributed by atoms with Gasteiger partial charge < -0.3 is 23.0 Å². The van der Waals surface area contributed by atoms with Gasteiger partial charge in [0.2, 0.25) is 0 Å².